The average molecular weight is 263 g/mol. The number of rotatable bonds is 5. The molecule has 0 atom stereocenters. The van der Waals surface area contributed by atoms with Gasteiger partial charge in [-0.3, -0.25) is 0 Å². The first kappa shape index (κ1) is 14.4. The molecule has 1 aromatic heterocycles. The van der Waals surface area contributed by atoms with Crippen LogP contribution in [0.25, 0.3) is 0 Å². The van der Waals surface area contributed by atoms with Gasteiger partial charge in [-0.1, -0.05) is 0 Å². The van der Waals surface area contributed by atoms with Gasteiger partial charge in [0.15, 0.2) is 5.96 Å². The van der Waals surface area contributed by atoms with Crippen LogP contribution in [0.2, 0.25) is 0 Å². The first-order chi connectivity index (χ1) is 8.51. The quantitative estimate of drug-likeness (QED) is 0.633. The second-order valence-corrected chi connectivity index (χ2v) is 3.57. The molecule has 4 nitrogen and oxygen atoms in total. The lowest BCUT2D eigenvalue weighted by Crippen LogP contribution is -2.38. The third kappa shape index (κ3) is 6.17. The Labute approximate surface area is 103 Å². The van der Waals surface area contributed by atoms with Crippen molar-refractivity contribution >= 4 is 5.96 Å². The van der Waals surface area contributed by atoms with Crippen LogP contribution in [0.3, 0.4) is 0 Å². The molecule has 1 aromatic rings. The van der Waals surface area contributed by atoms with E-state index in [1.165, 1.54) is 6.26 Å². The van der Waals surface area contributed by atoms with Gasteiger partial charge in [-0.05, 0) is 19.1 Å². The number of nitrogens with one attached hydrogen (secondary N) is 2. The van der Waals surface area contributed by atoms with Gasteiger partial charge in [0.2, 0.25) is 0 Å². The van der Waals surface area contributed by atoms with Crippen molar-refractivity contribution in [3.8, 4) is 0 Å². The highest BCUT2D eigenvalue weighted by atomic mass is 19.4. The maximum atomic E-state index is 12.0. The second kappa shape index (κ2) is 6.93. The lowest BCUT2D eigenvalue weighted by atomic mass is 10.4. The summed E-state index contributed by atoms with van der Waals surface area (Å²) >= 11 is 0. The molecule has 0 aromatic carbocycles. The molecule has 2 N–H and O–H groups in total. The predicted octanol–water partition coefficient (Wildman–Crippen LogP) is 2.29. The number of alkyl halides is 3. The molecule has 0 aliphatic rings. The van der Waals surface area contributed by atoms with Crippen LogP contribution in [0.15, 0.2) is 27.8 Å². The fraction of sp³-hybridized carbons (Fsp3) is 0.545. The number of aliphatic imine (C=N–C) groups is 1. The molecule has 0 saturated carbocycles. The van der Waals surface area contributed by atoms with Crippen LogP contribution in [0.5, 0.6) is 0 Å². The molecule has 0 bridgehead atoms. The standard InChI is InChI=1S/C11H16F3N3O/c1-2-15-10(16-6-5-11(12,13)14)17-8-9-4-3-7-18-9/h3-4,7H,2,5-6,8H2,1H3,(H2,15,16,17). The summed E-state index contributed by atoms with van der Waals surface area (Å²) in [7, 11) is 0. The molecule has 0 spiro atoms. The lowest BCUT2D eigenvalue weighted by molar-refractivity contribution is -0.132. The van der Waals surface area contributed by atoms with Gasteiger partial charge in [0.25, 0.3) is 0 Å². The molecule has 0 aliphatic heterocycles. The summed E-state index contributed by atoms with van der Waals surface area (Å²) in [5.74, 6) is 1.00. The zero-order valence-corrected chi connectivity index (χ0v) is 10.0. The zero-order chi connectivity index (χ0) is 13.4. The number of hydrogen-bond acceptors (Lipinski definition) is 2. The lowest BCUT2D eigenvalue weighted by Gasteiger charge is -2.12. The van der Waals surface area contributed by atoms with E-state index >= 15 is 0 Å². The van der Waals surface area contributed by atoms with Gasteiger partial charge in [0, 0.05) is 13.1 Å². The highest BCUT2D eigenvalue weighted by Crippen LogP contribution is 2.18. The van der Waals surface area contributed by atoms with Crippen molar-refractivity contribution in [2.45, 2.75) is 26.1 Å². The summed E-state index contributed by atoms with van der Waals surface area (Å²) in [4.78, 5) is 4.11. The predicted molar refractivity (Wildman–Crippen MR) is 62.2 cm³/mol. The van der Waals surface area contributed by atoms with E-state index in [-0.39, 0.29) is 13.1 Å². The third-order valence-electron chi connectivity index (χ3n) is 2.02. The van der Waals surface area contributed by atoms with E-state index in [9.17, 15) is 13.2 Å². The maximum absolute atomic E-state index is 12.0. The van der Waals surface area contributed by atoms with Crippen LogP contribution >= 0.6 is 0 Å². The third-order valence-corrected chi connectivity index (χ3v) is 2.02. The number of furan rings is 1. The van der Waals surface area contributed by atoms with E-state index in [0.717, 1.165) is 0 Å². The van der Waals surface area contributed by atoms with E-state index in [4.69, 9.17) is 4.42 Å². The van der Waals surface area contributed by atoms with Gasteiger partial charge in [-0.2, -0.15) is 13.2 Å². The summed E-state index contributed by atoms with van der Waals surface area (Å²) in [5, 5.41) is 5.48. The van der Waals surface area contributed by atoms with Gasteiger partial charge in [-0.15, -0.1) is 0 Å². The molecule has 0 radical (unpaired) electrons. The minimum atomic E-state index is -4.16. The first-order valence-corrected chi connectivity index (χ1v) is 5.62. The average Bonchev–Trinajstić information content (AvgIpc) is 2.77. The van der Waals surface area contributed by atoms with Crippen LogP contribution in [0.4, 0.5) is 13.2 Å². The fourth-order valence-corrected chi connectivity index (χ4v) is 1.22. The SMILES string of the molecule is CCNC(=NCc1ccco1)NCCC(F)(F)F. The van der Waals surface area contributed by atoms with Crippen molar-refractivity contribution in [1.29, 1.82) is 0 Å². The highest BCUT2D eigenvalue weighted by molar-refractivity contribution is 5.79. The normalized spacial score (nSPS) is 12.6. The molecule has 0 amide bonds. The Kier molecular flexibility index (Phi) is 5.54. The maximum Gasteiger partial charge on any atom is 0.390 e. The van der Waals surface area contributed by atoms with E-state index in [0.29, 0.717) is 18.3 Å². The molecule has 18 heavy (non-hydrogen) atoms. The molecule has 7 heteroatoms. The summed E-state index contributed by atoms with van der Waals surface area (Å²) in [5.41, 5.74) is 0. The molecule has 0 aliphatic carbocycles. The fourth-order valence-electron chi connectivity index (χ4n) is 1.22. The largest absolute Gasteiger partial charge is 0.467 e. The molecule has 0 saturated heterocycles. The van der Waals surface area contributed by atoms with Gasteiger partial charge >= 0.3 is 6.18 Å². The Morgan fingerprint density at radius 2 is 2.17 bits per heavy atom. The topological polar surface area (TPSA) is 49.6 Å². The van der Waals surface area contributed by atoms with Crippen molar-refractivity contribution in [1.82, 2.24) is 10.6 Å². The minimum Gasteiger partial charge on any atom is -0.467 e. The van der Waals surface area contributed by atoms with Crippen molar-refractivity contribution in [3.63, 3.8) is 0 Å². The number of halogens is 3. The summed E-state index contributed by atoms with van der Waals surface area (Å²) in [6.07, 6.45) is -3.53. The summed E-state index contributed by atoms with van der Waals surface area (Å²) in [6, 6.07) is 3.48. The van der Waals surface area contributed by atoms with E-state index in [1.807, 2.05) is 6.92 Å². The van der Waals surface area contributed by atoms with Crippen molar-refractivity contribution in [2.24, 2.45) is 4.99 Å². The van der Waals surface area contributed by atoms with Crippen molar-refractivity contribution < 1.29 is 17.6 Å². The molecule has 102 valence electrons. The first-order valence-electron chi connectivity index (χ1n) is 5.62. The number of nitrogens with zero attached hydrogens (tertiary/aromatic N) is 1. The van der Waals surface area contributed by atoms with E-state index < -0.39 is 12.6 Å². The van der Waals surface area contributed by atoms with E-state index in [2.05, 4.69) is 15.6 Å². The highest BCUT2D eigenvalue weighted by Gasteiger charge is 2.26. The monoisotopic (exact) mass is 263 g/mol. The van der Waals surface area contributed by atoms with Gasteiger partial charge in [0.1, 0.15) is 12.3 Å². The van der Waals surface area contributed by atoms with Crippen LogP contribution in [0, 0.1) is 0 Å². The Balaban J connectivity index is 2.41. The van der Waals surface area contributed by atoms with Crippen molar-refractivity contribution in [3.05, 3.63) is 24.2 Å². The van der Waals surface area contributed by atoms with Crippen molar-refractivity contribution in [2.75, 3.05) is 13.1 Å². The minimum absolute atomic E-state index is 0.201. The Bertz CT molecular complexity index is 360. The van der Waals surface area contributed by atoms with E-state index in [1.54, 1.807) is 12.1 Å². The van der Waals surface area contributed by atoms with Crippen LogP contribution in [-0.4, -0.2) is 25.2 Å². The van der Waals surface area contributed by atoms with Crippen LogP contribution in [-0.2, 0) is 6.54 Å². The van der Waals surface area contributed by atoms with Gasteiger partial charge in [0.05, 0.1) is 12.7 Å². The molecule has 0 unspecified atom stereocenters. The smallest absolute Gasteiger partial charge is 0.390 e. The molecular formula is C11H16F3N3O. The Hall–Kier alpha value is -1.66. The van der Waals surface area contributed by atoms with Crippen LogP contribution in [0.1, 0.15) is 19.1 Å². The molecule has 1 heterocycles. The summed E-state index contributed by atoms with van der Waals surface area (Å²) in [6.45, 7) is 2.51. The van der Waals surface area contributed by atoms with Gasteiger partial charge < -0.3 is 15.1 Å². The number of hydrogen-bond donors (Lipinski definition) is 2. The number of guanidine groups is 1. The zero-order valence-electron chi connectivity index (χ0n) is 10.0. The second-order valence-electron chi connectivity index (χ2n) is 3.57. The Morgan fingerprint density at radius 3 is 2.72 bits per heavy atom. The van der Waals surface area contributed by atoms with Gasteiger partial charge in [-0.25, -0.2) is 4.99 Å². The molecule has 1 rings (SSSR count). The molecule has 0 fully saturated rings. The van der Waals surface area contributed by atoms with Crippen LogP contribution < -0.4 is 10.6 Å². The molecular weight excluding hydrogens is 247 g/mol. The Morgan fingerprint density at radius 1 is 1.39 bits per heavy atom. The summed E-state index contributed by atoms with van der Waals surface area (Å²) < 4.78 is 41.0.